The fourth-order valence-electron chi connectivity index (χ4n) is 4.12. The maximum atomic E-state index is 12.1. The van der Waals surface area contributed by atoms with Gasteiger partial charge in [0.15, 0.2) is 5.14 Å². The van der Waals surface area contributed by atoms with Crippen LogP contribution in [0.2, 0.25) is 6.82 Å². The van der Waals surface area contributed by atoms with Crippen molar-refractivity contribution in [3.8, 4) is 17.1 Å². The summed E-state index contributed by atoms with van der Waals surface area (Å²) >= 11 is 2.16. The summed E-state index contributed by atoms with van der Waals surface area (Å²) in [5.74, 6) is 0.736. The normalized spacial score (nSPS) is 12.7. The molecule has 1 aliphatic rings. The van der Waals surface area contributed by atoms with Gasteiger partial charge in [0, 0.05) is 34.7 Å². The molecule has 205 valence electrons. The number of fused-ring (bicyclic) bond motifs is 6. The van der Waals surface area contributed by atoms with Crippen molar-refractivity contribution in [1.82, 2.24) is 29.9 Å². The zero-order valence-corrected chi connectivity index (χ0v) is 25.7. The number of aromatic nitrogens is 6. The largest absolute Gasteiger partial charge is 0.507 e. The highest BCUT2D eigenvalue weighted by Crippen LogP contribution is 2.33. The minimum Gasteiger partial charge on any atom is -0.507 e. The first kappa shape index (κ1) is 29.4. The van der Waals surface area contributed by atoms with E-state index in [1.165, 1.54) is 0 Å². The van der Waals surface area contributed by atoms with E-state index >= 15 is 0 Å². The standard InChI is InChI=1S/C14H13N3O2.C14H15N3O.CH3BI/c1-14(2,3)13-16-9-8-7(5-4-6-15-8)11(18)12(19)10(9)17-13;1-14(2,3)13-16-9-7-10(18)8-5-4-6-15-11(8)12(9)17-13;1-2-3/h4-6H,1-3H3,(H,16,17);4-7,18H,1-3H3,(H,16,17);1H3. The van der Waals surface area contributed by atoms with E-state index in [4.69, 9.17) is 0 Å². The van der Waals surface area contributed by atoms with Gasteiger partial charge in [-0.1, -0.05) is 48.4 Å². The first-order chi connectivity index (χ1) is 18.8. The van der Waals surface area contributed by atoms with E-state index in [-0.39, 0.29) is 22.3 Å². The van der Waals surface area contributed by atoms with E-state index < -0.39 is 11.6 Å². The minimum absolute atomic E-state index is 0.0598. The third-order valence-corrected chi connectivity index (χ3v) is 6.16. The molecule has 1 aliphatic carbocycles. The summed E-state index contributed by atoms with van der Waals surface area (Å²) in [6.07, 6.45) is 3.31. The zero-order valence-electron chi connectivity index (χ0n) is 23.5. The highest BCUT2D eigenvalue weighted by molar-refractivity contribution is 14.1. The Morgan fingerprint density at radius 3 is 2.08 bits per heavy atom. The Balaban J connectivity index is 0.000000169. The number of hydrogen-bond donors (Lipinski definition) is 3. The van der Waals surface area contributed by atoms with Crippen LogP contribution in [0.15, 0.2) is 42.7 Å². The average Bonchev–Trinajstić information content (AvgIpc) is 3.54. The Kier molecular flexibility index (Phi) is 8.16. The molecule has 0 saturated heterocycles. The van der Waals surface area contributed by atoms with Gasteiger partial charge in [-0.2, -0.15) is 22.4 Å². The number of imidazole rings is 2. The van der Waals surface area contributed by atoms with Crippen molar-refractivity contribution in [3.05, 3.63) is 65.6 Å². The van der Waals surface area contributed by atoms with E-state index in [0.29, 0.717) is 22.8 Å². The molecule has 0 saturated carbocycles. The molecule has 40 heavy (non-hydrogen) atoms. The van der Waals surface area contributed by atoms with Crippen LogP contribution in [0.4, 0.5) is 0 Å². The van der Waals surface area contributed by atoms with Crippen LogP contribution in [0.5, 0.6) is 5.75 Å². The van der Waals surface area contributed by atoms with Gasteiger partial charge >= 0.3 is 0 Å². The summed E-state index contributed by atoms with van der Waals surface area (Å²) in [7, 11) is 0. The van der Waals surface area contributed by atoms with E-state index in [1.807, 2.05) is 44.9 Å². The first-order valence-corrected chi connectivity index (χ1v) is 14.0. The fourth-order valence-corrected chi connectivity index (χ4v) is 4.12. The molecule has 3 N–H and O–H groups in total. The van der Waals surface area contributed by atoms with Gasteiger partial charge in [0.05, 0.1) is 11.1 Å². The maximum Gasteiger partial charge on any atom is 0.252 e. The first-order valence-electron chi connectivity index (χ1n) is 12.8. The number of pyridine rings is 2. The lowest BCUT2D eigenvalue weighted by molar-refractivity contribution is 0.0812. The maximum absolute atomic E-state index is 12.1. The molecular formula is C29H31BIN6O3. The lowest BCUT2D eigenvalue weighted by Crippen LogP contribution is -2.22. The number of aromatic amines is 2. The number of halogens is 1. The lowest BCUT2D eigenvalue weighted by atomic mass is 9.94. The van der Waals surface area contributed by atoms with Gasteiger partial charge in [-0.25, -0.2) is 9.97 Å². The summed E-state index contributed by atoms with van der Waals surface area (Å²) in [6.45, 7) is 14.2. The molecule has 0 aliphatic heterocycles. The van der Waals surface area contributed by atoms with Gasteiger partial charge in [0.1, 0.15) is 45.5 Å². The smallest absolute Gasteiger partial charge is 0.252 e. The highest BCUT2D eigenvalue weighted by atomic mass is 127. The predicted octanol–water partition coefficient (Wildman–Crippen LogP) is 6.35. The molecular weight excluding hydrogens is 618 g/mol. The van der Waals surface area contributed by atoms with Crippen LogP contribution in [-0.2, 0) is 10.8 Å². The molecule has 1 radical (unpaired) electrons. The van der Waals surface area contributed by atoms with Gasteiger partial charge in [-0.3, -0.25) is 19.6 Å². The number of aromatic hydroxyl groups is 1. The Morgan fingerprint density at radius 1 is 0.825 bits per heavy atom. The van der Waals surface area contributed by atoms with Crippen LogP contribution in [0.25, 0.3) is 33.3 Å². The van der Waals surface area contributed by atoms with Crippen molar-refractivity contribution in [2.75, 3.05) is 0 Å². The number of carbonyl (C=O) groups is 2. The van der Waals surface area contributed by atoms with Gasteiger partial charge in [0.2, 0.25) is 5.78 Å². The van der Waals surface area contributed by atoms with Gasteiger partial charge in [-0.05, 0) is 24.3 Å². The van der Waals surface area contributed by atoms with Crippen molar-refractivity contribution in [1.29, 1.82) is 0 Å². The number of ketones is 2. The van der Waals surface area contributed by atoms with E-state index in [2.05, 4.69) is 73.0 Å². The molecule has 1 aromatic carbocycles. The van der Waals surface area contributed by atoms with Crippen LogP contribution in [-0.4, -0.2) is 51.7 Å². The third-order valence-electron chi connectivity index (χ3n) is 6.16. The molecule has 0 amide bonds. The number of carbonyl (C=O) groups excluding carboxylic acids is 2. The molecule has 4 heterocycles. The van der Waals surface area contributed by atoms with Crippen LogP contribution in [0, 0.1) is 0 Å². The summed E-state index contributed by atoms with van der Waals surface area (Å²) in [6, 6.07) is 8.62. The van der Waals surface area contributed by atoms with Crippen molar-refractivity contribution in [2.24, 2.45) is 0 Å². The highest BCUT2D eigenvalue weighted by Gasteiger charge is 2.35. The molecule has 11 heteroatoms. The Hall–Kier alpha value is -3.61. The van der Waals surface area contributed by atoms with Crippen molar-refractivity contribution in [3.63, 3.8) is 0 Å². The lowest BCUT2D eigenvalue weighted by Gasteiger charge is -2.13. The van der Waals surface area contributed by atoms with E-state index in [9.17, 15) is 14.7 Å². The molecule has 0 spiro atoms. The number of hydrogen-bond acceptors (Lipinski definition) is 7. The van der Waals surface area contributed by atoms with Gasteiger partial charge in [0.25, 0.3) is 5.78 Å². The quantitative estimate of drug-likeness (QED) is 0.101. The van der Waals surface area contributed by atoms with Crippen LogP contribution < -0.4 is 0 Å². The molecule has 9 nitrogen and oxygen atoms in total. The molecule has 0 bridgehead atoms. The second kappa shape index (κ2) is 11.1. The number of Topliss-reactive ketones (excluding diaryl/α,β-unsaturated/α-hetero) is 2. The number of phenolic OH excluding ortho intramolecular Hbond substituents is 1. The monoisotopic (exact) mass is 649 g/mol. The zero-order chi connectivity index (χ0) is 29.4. The molecule has 4 aromatic heterocycles. The summed E-state index contributed by atoms with van der Waals surface area (Å²) < 4.78 is 0. The van der Waals surface area contributed by atoms with E-state index in [1.54, 1.807) is 30.6 Å². The number of rotatable bonds is 0. The summed E-state index contributed by atoms with van der Waals surface area (Å²) in [4.78, 5) is 47.9. The molecule has 5 aromatic rings. The number of nitrogens with zero attached hydrogens (tertiary/aromatic N) is 4. The minimum atomic E-state index is -0.543. The predicted molar refractivity (Wildman–Crippen MR) is 167 cm³/mol. The number of phenols is 1. The summed E-state index contributed by atoms with van der Waals surface area (Å²) in [5, 5.41) is 12.7. The van der Waals surface area contributed by atoms with Crippen molar-refractivity contribution in [2.45, 2.75) is 59.2 Å². The average molecular weight is 649 g/mol. The molecule has 0 fully saturated rings. The molecule has 6 rings (SSSR count). The summed E-state index contributed by atoms with van der Waals surface area (Å²) in [5.41, 5.74) is 3.62. The van der Waals surface area contributed by atoms with Gasteiger partial charge in [-0.15, -0.1) is 0 Å². The fraction of sp³-hybridized carbons (Fsp3) is 0.310. The van der Waals surface area contributed by atoms with Crippen LogP contribution in [0.1, 0.15) is 74.0 Å². The second-order valence-corrected chi connectivity index (χ2v) is 12.6. The van der Waals surface area contributed by atoms with Gasteiger partial charge < -0.3 is 15.1 Å². The molecule has 0 atom stereocenters. The van der Waals surface area contributed by atoms with Crippen molar-refractivity contribution >= 4 is 61.0 Å². The second-order valence-electron chi connectivity index (χ2n) is 11.4. The number of benzene rings is 1. The molecule has 0 unspecified atom stereocenters. The van der Waals surface area contributed by atoms with Crippen LogP contribution in [0.3, 0.4) is 0 Å². The topological polar surface area (TPSA) is 138 Å². The number of H-pyrrole nitrogens is 2. The third kappa shape index (κ3) is 5.65. The Bertz CT molecular complexity index is 1730. The number of nitrogens with one attached hydrogen (secondary N) is 2. The Morgan fingerprint density at radius 2 is 1.43 bits per heavy atom. The Labute approximate surface area is 246 Å². The van der Waals surface area contributed by atoms with Crippen LogP contribution >= 0.6 is 22.4 Å². The van der Waals surface area contributed by atoms with Crippen molar-refractivity contribution < 1.29 is 14.7 Å². The SMILES string of the molecule is CC(C)(C)c1nc2c([nH]1)C(=O)C(=O)c1cccnc1-2.CC(C)(C)c1nc2c(cc(O)c3cccnc32)[nH]1.C[B]I. The van der Waals surface area contributed by atoms with E-state index in [0.717, 1.165) is 27.8 Å².